The average molecular weight is 601 g/mol. The Kier molecular flexibility index (Phi) is 11.5. The summed E-state index contributed by atoms with van der Waals surface area (Å²) >= 11 is 0. The van der Waals surface area contributed by atoms with Gasteiger partial charge in [0.25, 0.3) is 0 Å². The van der Waals surface area contributed by atoms with Crippen LogP contribution in [0.15, 0.2) is 91.3 Å². The maximum atomic E-state index is 4.84. The summed E-state index contributed by atoms with van der Waals surface area (Å²) < 4.78 is 0. The van der Waals surface area contributed by atoms with Crippen molar-refractivity contribution in [2.24, 2.45) is 0 Å². The molecule has 0 saturated heterocycles. The van der Waals surface area contributed by atoms with Gasteiger partial charge in [-0.2, -0.15) is 11.6 Å². The molecule has 5 heteroatoms. The van der Waals surface area contributed by atoms with Gasteiger partial charge in [0.2, 0.25) is 0 Å². The van der Waals surface area contributed by atoms with Crippen LogP contribution >= 0.6 is 17.2 Å². The van der Waals surface area contributed by atoms with Gasteiger partial charge in [-0.05, 0) is 34.6 Å². The Morgan fingerprint density at radius 2 is 1.18 bits per heavy atom. The smallest absolute Gasteiger partial charge is 0.0709 e. The SMILES string of the molecule is CC(C)(C)c1cc(C(P)(c2ccccn2)c2ccccn2)[c-](CP(C(C)(C)C)C(C)(C)C)c1.[Fe].[cH-]1[cH-][cH-][cH-][cH-]1. The molecule has 0 fully saturated rings. The van der Waals surface area contributed by atoms with Crippen LogP contribution in [0.2, 0.25) is 0 Å². The third kappa shape index (κ3) is 8.44. The predicted molar refractivity (Wildman–Crippen MR) is 171 cm³/mol. The second-order valence-electron chi connectivity index (χ2n) is 13.1. The molecule has 2 heterocycles. The molecule has 2 aromatic heterocycles. The summed E-state index contributed by atoms with van der Waals surface area (Å²) in [7, 11) is 2.86. The minimum atomic E-state index is -0.502. The molecule has 39 heavy (non-hydrogen) atoms. The van der Waals surface area contributed by atoms with Crippen LogP contribution in [0.3, 0.4) is 0 Å². The Labute approximate surface area is 252 Å². The van der Waals surface area contributed by atoms with E-state index in [1.54, 1.807) is 0 Å². The largest absolute Gasteiger partial charge is 0.748 e. The maximum Gasteiger partial charge on any atom is 0.0709 e. The number of hydrogen-bond donors (Lipinski definition) is 0. The molecular formula is C34H46FeN2P2-6. The van der Waals surface area contributed by atoms with Gasteiger partial charge in [-0.15, -0.1) is 28.3 Å². The summed E-state index contributed by atoms with van der Waals surface area (Å²) in [5, 5.41) is 0.00520. The zero-order chi connectivity index (χ0) is 28.2. The van der Waals surface area contributed by atoms with E-state index in [2.05, 4.69) is 108 Å². The Morgan fingerprint density at radius 3 is 1.51 bits per heavy atom. The van der Waals surface area contributed by atoms with Crippen molar-refractivity contribution < 1.29 is 17.1 Å². The van der Waals surface area contributed by atoms with Gasteiger partial charge in [0.1, 0.15) is 0 Å². The molecule has 0 aliphatic heterocycles. The van der Waals surface area contributed by atoms with E-state index in [1.807, 2.05) is 54.9 Å². The summed E-state index contributed by atoms with van der Waals surface area (Å²) in [6.45, 7) is 21.3. The van der Waals surface area contributed by atoms with E-state index in [4.69, 9.17) is 9.97 Å². The summed E-state index contributed by atoms with van der Waals surface area (Å²) in [5.41, 5.74) is 6.22. The van der Waals surface area contributed by atoms with Gasteiger partial charge < -0.3 is 30.3 Å². The van der Waals surface area contributed by atoms with Gasteiger partial charge in [-0.3, -0.25) is 9.97 Å². The molecule has 0 spiro atoms. The van der Waals surface area contributed by atoms with E-state index in [1.165, 1.54) is 16.7 Å². The van der Waals surface area contributed by atoms with Crippen molar-refractivity contribution >= 4 is 17.2 Å². The van der Waals surface area contributed by atoms with Crippen LogP contribution in [0.25, 0.3) is 0 Å². The first kappa shape index (κ1) is 33.6. The van der Waals surface area contributed by atoms with Crippen molar-refractivity contribution in [1.82, 2.24) is 9.97 Å². The number of hydrogen-bond acceptors (Lipinski definition) is 2. The van der Waals surface area contributed by atoms with Gasteiger partial charge in [0.05, 0.1) is 16.5 Å². The minimum Gasteiger partial charge on any atom is -0.748 e. The van der Waals surface area contributed by atoms with E-state index in [0.717, 1.165) is 17.5 Å². The predicted octanol–water partition coefficient (Wildman–Crippen LogP) is 9.64. The molecular weight excluding hydrogens is 554 g/mol. The molecule has 0 saturated carbocycles. The Balaban J connectivity index is 0.000000797. The Hall–Kier alpha value is -1.62. The zero-order valence-corrected chi connectivity index (χ0v) is 28.3. The molecule has 2 aromatic carbocycles. The van der Waals surface area contributed by atoms with E-state index in [-0.39, 0.29) is 40.7 Å². The summed E-state index contributed by atoms with van der Waals surface area (Å²) in [6, 6.07) is 27.3. The zero-order valence-electron chi connectivity index (χ0n) is 25.1. The molecule has 4 rings (SSSR count). The van der Waals surface area contributed by atoms with Crippen molar-refractivity contribution in [2.75, 3.05) is 0 Å². The minimum absolute atomic E-state index is 0. The van der Waals surface area contributed by atoms with Crippen LogP contribution in [0.1, 0.15) is 90.4 Å². The van der Waals surface area contributed by atoms with Crippen LogP contribution in [0, 0.1) is 0 Å². The van der Waals surface area contributed by atoms with Crippen LogP contribution in [-0.4, -0.2) is 20.3 Å². The molecule has 2 nitrogen and oxygen atoms in total. The van der Waals surface area contributed by atoms with Crippen LogP contribution < -0.4 is 0 Å². The second kappa shape index (κ2) is 13.4. The topological polar surface area (TPSA) is 25.8 Å². The quantitative estimate of drug-likeness (QED) is 0.130. The van der Waals surface area contributed by atoms with Crippen LogP contribution in [0.4, 0.5) is 0 Å². The first-order valence-electron chi connectivity index (χ1n) is 13.5. The molecule has 0 radical (unpaired) electrons. The van der Waals surface area contributed by atoms with Gasteiger partial charge in [0.15, 0.2) is 0 Å². The third-order valence-electron chi connectivity index (χ3n) is 6.91. The van der Waals surface area contributed by atoms with Crippen LogP contribution in [-0.2, 0) is 33.8 Å². The van der Waals surface area contributed by atoms with Gasteiger partial charge >= 0.3 is 0 Å². The van der Waals surface area contributed by atoms with Crippen molar-refractivity contribution in [2.45, 2.75) is 89.4 Å². The Bertz CT molecular complexity index is 1170. The van der Waals surface area contributed by atoms with E-state index in [9.17, 15) is 0 Å². The summed E-state index contributed by atoms with van der Waals surface area (Å²) in [4.78, 5) is 9.67. The molecule has 0 N–H and O–H groups in total. The van der Waals surface area contributed by atoms with Crippen molar-refractivity contribution in [3.63, 3.8) is 0 Å². The first-order valence-corrected chi connectivity index (χ1v) is 15.6. The number of aromatic nitrogens is 2. The van der Waals surface area contributed by atoms with Crippen molar-refractivity contribution in [1.29, 1.82) is 0 Å². The fourth-order valence-corrected chi connectivity index (χ4v) is 9.23. The van der Waals surface area contributed by atoms with Gasteiger partial charge in [-0.1, -0.05) is 86.0 Å². The fraction of sp³-hybridized carbons (Fsp3) is 0.412. The summed E-state index contributed by atoms with van der Waals surface area (Å²) in [5.74, 6) is 0. The van der Waals surface area contributed by atoms with Gasteiger partial charge in [-0.25, -0.2) is 6.07 Å². The fourth-order valence-electron chi connectivity index (χ4n) is 5.06. The van der Waals surface area contributed by atoms with Crippen molar-refractivity contribution in [3.8, 4) is 0 Å². The number of rotatable bonds is 5. The summed E-state index contributed by atoms with van der Waals surface area (Å²) in [6.07, 6.45) is 4.87. The molecule has 0 aliphatic carbocycles. The molecule has 4 aromatic rings. The molecule has 0 bridgehead atoms. The second-order valence-corrected chi connectivity index (χ2v) is 17.8. The molecule has 1 unspecified atom stereocenters. The molecule has 0 amide bonds. The van der Waals surface area contributed by atoms with E-state index in [0.29, 0.717) is 0 Å². The number of pyridine rings is 2. The molecule has 1 atom stereocenters. The maximum absolute atomic E-state index is 4.84. The molecule has 216 valence electrons. The van der Waals surface area contributed by atoms with Crippen molar-refractivity contribution in [3.05, 3.63) is 119 Å². The number of nitrogens with zero attached hydrogens (tertiary/aromatic N) is 2. The first-order chi connectivity index (χ1) is 17.6. The van der Waals surface area contributed by atoms with Gasteiger partial charge in [0, 0.05) is 29.5 Å². The normalized spacial score (nSPS) is 12.5. The van der Waals surface area contributed by atoms with E-state index >= 15 is 0 Å². The third-order valence-corrected chi connectivity index (χ3v) is 11.7. The Morgan fingerprint density at radius 1 is 0.744 bits per heavy atom. The standard InChI is InChI=1S/C29H41N2P2.C5H5.Fe/c1-26(2,3)22-18-21(20-33(27(4,5)6)28(7,8)9)23(19-22)29(32,24-14-10-12-16-30-24)25-15-11-13-17-31-25;1-2-4-5-3-1;/h10-19H,20,32H2,1-9H3;1-5H;/q-1;-5;. The van der Waals surface area contributed by atoms with Crippen LogP contribution in [0.5, 0.6) is 0 Å². The van der Waals surface area contributed by atoms with E-state index < -0.39 is 5.16 Å². The molecule has 0 aliphatic rings. The monoisotopic (exact) mass is 600 g/mol. The average Bonchev–Trinajstić information content (AvgIpc) is 3.55.